The molecule has 8 nitrogen and oxygen atoms in total. The lowest BCUT2D eigenvalue weighted by Gasteiger charge is -2.36. The first-order chi connectivity index (χ1) is 18.3. The number of fused-ring (bicyclic) bond motifs is 1. The minimum atomic E-state index is -2.28. The number of aromatic nitrogens is 3. The number of hydrogen-bond acceptors (Lipinski definition) is 7. The summed E-state index contributed by atoms with van der Waals surface area (Å²) < 4.78 is 26.6. The molecule has 0 aliphatic carbocycles. The monoisotopic (exact) mass is 555 g/mol. The largest absolute Gasteiger partial charge is 0.479 e. The molecule has 0 radical (unpaired) electrons. The van der Waals surface area contributed by atoms with Crippen molar-refractivity contribution < 1.29 is 23.7 Å². The molecular weight excluding hydrogens is 510 g/mol. The zero-order chi connectivity index (χ0) is 28.4. The van der Waals surface area contributed by atoms with Gasteiger partial charge in [0.2, 0.25) is 5.88 Å². The molecule has 9 heteroatoms. The van der Waals surface area contributed by atoms with Crippen molar-refractivity contribution in [3.63, 3.8) is 0 Å². The molecule has 1 aliphatic heterocycles. The average molecular weight is 556 g/mol. The molecule has 0 amide bonds. The minimum Gasteiger partial charge on any atom is -0.479 e. The second-order valence-corrected chi connectivity index (χ2v) is 16.9. The summed E-state index contributed by atoms with van der Waals surface area (Å²) in [6.07, 6.45) is 5.95. The van der Waals surface area contributed by atoms with Crippen molar-refractivity contribution in [1.29, 1.82) is 0 Å². The van der Waals surface area contributed by atoms with Crippen LogP contribution in [0, 0.1) is 5.92 Å². The normalized spacial score (nSPS) is 20.4. The second-order valence-electron chi connectivity index (χ2n) is 12.5. The van der Waals surface area contributed by atoms with Gasteiger partial charge in [-0.3, -0.25) is 0 Å². The van der Waals surface area contributed by atoms with E-state index in [1.807, 2.05) is 61.8 Å². The van der Waals surface area contributed by atoms with Crippen molar-refractivity contribution in [3.8, 4) is 5.88 Å². The van der Waals surface area contributed by atoms with Gasteiger partial charge in [0, 0.05) is 12.6 Å². The first-order valence-corrected chi connectivity index (χ1v) is 16.8. The van der Waals surface area contributed by atoms with Crippen molar-refractivity contribution in [2.45, 2.75) is 103 Å². The van der Waals surface area contributed by atoms with Crippen molar-refractivity contribution in [3.05, 3.63) is 54.0 Å². The summed E-state index contributed by atoms with van der Waals surface area (Å²) in [5, 5.41) is -0.0770. The molecule has 0 bridgehead atoms. The van der Waals surface area contributed by atoms with E-state index in [9.17, 15) is 4.80 Å². The predicted octanol–water partition coefficient (Wildman–Crippen LogP) is 6.07. The summed E-state index contributed by atoms with van der Waals surface area (Å²) in [6, 6.07) is 10.1. The topological polar surface area (TPSA) is 87.9 Å². The Morgan fingerprint density at radius 3 is 2.54 bits per heavy atom. The molecule has 214 valence electrons. The summed E-state index contributed by atoms with van der Waals surface area (Å²) in [6.45, 7) is 15.4. The van der Waals surface area contributed by atoms with E-state index in [-0.39, 0.29) is 23.2 Å². The second kappa shape index (κ2) is 11.7. The van der Waals surface area contributed by atoms with Crippen LogP contribution in [0.15, 0.2) is 42.9 Å². The van der Waals surface area contributed by atoms with E-state index in [0.29, 0.717) is 25.6 Å². The standard InChI is InChI=1S/C30H45N3O5Si/c1-21(14-15-29(2,3)39(7,8)34)27-24(37-30(4,5)38-27)16-23-17-33(20-36-18-22-12-10-9-11-13-22)26-25(23)31-19-32-28(26)35-6/h9-13,17,19,21,24,27,34H,14-16,18,20H2,1-8H3/t21-,24+,27-/m1/s1. The Morgan fingerprint density at radius 2 is 1.87 bits per heavy atom. The first kappa shape index (κ1) is 29.7. The summed E-state index contributed by atoms with van der Waals surface area (Å²) >= 11 is 0. The van der Waals surface area contributed by atoms with Crippen LogP contribution in [0.25, 0.3) is 11.0 Å². The summed E-state index contributed by atoms with van der Waals surface area (Å²) in [5.74, 6) is 0.106. The van der Waals surface area contributed by atoms with Crippen LogP contribution < -0.4 is 4.74 Å². The summed E-state index contributed by atoms with van der Waals surface area (Å²) in [5.41, 5.74) is 3.80. The molecule has 39 heavy (non-hydrogen) atoms. The predicted molar refractivity (Wildman–Crippen MR) is 155 cm³/mol. The number of methoxy groups -OCH3 is 1. The fourth-order valence-electron chi connectivity index (χ4n) is 5.19. The van der Waals surface area contributed by atoms with Crippen LogP contribution in [-0.2, 0) is 34.0 Å². The number of rotatable bonds is 12. The quantitative estimate of drug-likeness (QED) is 0.271. The highest BCUT2D eigenvalue weighted by atomic mass is 28.4. The SMILES string of the molecule is COc1ncnc2c(C[C@@H]3OC(C)(C)O[C@@H]3[C@H](C)CCC(C)(C)[Si](C)(C)O)cn(COCc3ccccc3)c12. The van der Waals surface area contributed by atoms with Gasteiger partial charge in [0.15, 0.2) is 14.1 Å². The van der Waals surface area contributed by atoms with Gasteiger partial charge < -0.3 is 28.3 Å². The van der Waals surface area contributed by atoms with Gasteiger partial charge in [0.05, 0.1) is 31.4 Å². The van der Waals surface area contributed by atoms with Gasteiger partial charge in [0.1, 0.15) is 18.6 Å². The van der Waals surface area contributed by atoms with Crippen LogP contribution >= 0.6 is 0 Å². The third-order valence-electron chi connectivity index (χ3n) is 8.31. The Morgan fingerprint density at radius 1 is 1.15 bits per heavy atom. The van der Waals surface area contributed by atoms with E-state index in [0.717, 1.165) is 35.0 Å². The van der Waals surface area contributed by atoms with E-state index >= 15 is 0 Å². The highest BCUT2D eigenvalue weighted by molar-refractivity contribution is 6.72. The van der Waals surface area contributed by atoms with E-state index in [1.54, 1.807) is 13.4 Å². The Bertz CT molecular complexity index is 1240. The van der Waals surface area contributed by atoms with E-state index in [2.05, 4.69) is 36.9 Å². The summed E-state index contributed by atoms with van der Waals surface area (Å²) in [4.78, 5) is 19.8. The highest BCUT2D eigenvalue weighted by Gasteiger charge is 2.45. The summed E-state index contributed by atoms with van der Waals surface area (Å²) in [7, 11) is -0.659. The van der Waals surface area contributed by atoms with Crippen LogP contribution in [-0.4, -0.2) is 52.8 Å². The Labute approximate surface area is 233 Å². The van der Waals surface area contributed by atoms with E-state index in [4.69, 9.17) is 18.9 Å². The van der Waals surface area contributed by atoms with E-state index < -0.39 is 14.1 Å². The third kappa shape index (κ3) is 6.89. The van der Waals surface area contributed by atoms with Gasteiger partial charge in [0.25, 0.3) is 0 Å². The highest BCUT2D eigenvalue weighted by Crippen LogP contribution is 2.43. The lowest BCUT2D eigenvalue weighted by molar-refractivity contribution is -0.150. The fourth-order valence-corrected chi connectivity index (χ4v) is 5.94. The molecule has 1 aliphatic rings. The lowest BCUT2D eigenvalue weighted by Crippen LogP contribution is -2.40. The Kier molecular flexibility index (Phi) is 8.88. The van der Waals surface area contributed by atoms with Gasteiger partial charge in [-0.15, -0.1) is 0 Å². The van der Waals surface area contributed by atoms with Crippen LogP contribution in [0.1, 0.15) is 58.6 Å². The van der Waals surface area contributed by atoms with Gasteiger partial charge in [-0.2, -0.15) is 4.98 Å². The van der Waals surface area contributed by atoms with Crippen LogP contribution in [0.4, 0.5) is 0 Å². The van der Waals surface area contributed by atoms with Gasteiger partial charge in [-0.1, -0.05) is 51.1 Å². The van der Waals surface area contributed by atoms with Crippen LogP contribution in [0.3, 0.4) is 0 Å². The molecule has 1 fully saturated rings. The molecule has 0 unspecified atom stereocenters. The lowest BCUT2D eigenvalue weighted by atomic mass is 9.89. The minimum absolute atomic E-state index is 0.0734. The van der Waals surface area contributed by atoms with Crippen LogP contribution in [0.2, 0.25) is 18.1 Å². The molecule has 0 saturated carbocycles. The van der Waals surface area contributed by atoms with Crippen LogP contribution in [0.5, 0.6) is 5.88 Å². The maximum absolute atomic E-state index is 10.8. The molecule has 1 saturated heterocycles. The zero-order valence-corrected chi connectivity index (χ0v) is 25.7. The average Bonchev–Trinajstić information content (AvgIpc) is 3.38. The first-order valence-electron chi connectivity index (χ1n) is 13.9. The molecule has 1 N–H and O–H groups in total. The Hall–Kier alpha value is -2.30. The zero-order valence-electron chi connectivity index (χ0n) is 24.7. The number of hydrogen-bond donors (Lipinski definition) is 1. The molecule has 3 heterocycles. The number of benzene rings is 1. The maximum atomic E-state index is 10.8. The van der Waals surface area contributed by atoms with E-state index in [1.165, 1.54) is 0 Å². The van der Waals surface area contributed by atoms with Gasteiger partial charge in [-0.05, 0) is 61.9 Å². The molecule has 3 atom stereocenters. The Balaban J connectivity index is 1.55. The molecule has 4 rings (SSSR count). The molecule has 0 spiro atoms. The van der Waals surface area contributed by atoms with Crippen molar-refractivity contribution in [1.82, 2.24) is 14.5 Å². The fraction of sp³-hybridized carbons (Fsp3) is 0.600. The molecular formula is C30H45N3O5Si. The molecule has 1 aromatic carbocycles. The number of nitrogens with zero attached hydrogens (tertiary/aromatic N) is 3. The van der Waals surface area contributed by atoms with Crippen molar-refractivity contribution in [2.24, 2.45) is 5.92 Å². The van der Waals surface area contributed by atoms with Crippen molar-refractivity contribution >= 4 is 19.4 Å². The maximum Gasteiger partial charge on any atom is 0.241 e. The molecule has 2 aromatic heterocycles. The smallest absolute Gasteiger partial charge is 0.241 e. The van der Waals surface area contributed by atoms with Gasteiger partial charge >= 0.3 is 0 Å². The molecule has 3 aromatic rings. The van der Waals surface area contributed by atoms with Gasteiger partial charge in [-0.25, -0.2) is 4.98 Å². The third-order valence-corrected chi connectivity index (χ3v) is 11.9. The number of ether oxygens (including phenoxy) is 4. The van der Waals surface area contributed by atoms with Crippen molar-refractivity contribution in [2.75, 3.05) is 7.11 Å².